The molecule has 0 aliphatic heterocycles. The Bertz CT molecular complexity index is 3530. The fourth-order valence-electron chi connectivity index (χ4n) is 14.1. The zero-order valence-corrected chi connectivity index (χ0v) is 39.7. The van der Waals surface area contributed by atoms with E-state index in [1.54, 1.807) is 0 Å². The third-order valence-corrected chi connectivity index (χ3v) is 17.1. The molecule has 1 nitrogen and oxygen atoms in total. The molecule has 0 heterocycles. The summed E-state index contributed by atoms with van der Waals surface area (Å²) < 4.78 is 0. The molecule has 0 unspecified atom stereocenters. The minimum Gasteiger partial charge on any atom is -0.310 e. The van der Waals surface area contributed by atoms with Gasteiger partial charge in [-0.25, -0.2) is 0 Å². The highest BCUT2D eigenvalue weighted by Crippen LogP contribution is 2.66. The van der Waals surface area contributed by atoms with Crippen LogP contribution in [0.25, 0.3) is 33.4 Å². The van der Waals surface area contributed by atoms with Crippen LogP contribution in [0.5, 0.6) is 0 Å². The molecule has 1 heteroatoms. The summed E-state index contributed by atoms with van der Waals surface area (Å²) in [5, 5.41) is 0. The largest absolute Gasteiger partial charge is 0.310 e. The molecule has 330 valence electrons. The molecule has 0 fully saturated rings. The lowest BCUT2D eigenvalue weighted by molar-refractivity contribution is 0.595. The van der Waals surface area contributed by atoms with Gasteiger partial charge in [0.15, 0.2) is 0 Å². The maximum atomic E-state index is 2.57. The minimum absolute atomic E-state index is 0.150. The van der Waals surface area contributed by atoms with Crippen LogP contribution >= 0.6 is 0 Å². The Kier molecular flexibility index (Phi) is 8.41. The minimum atomic E-state index is -0.590. The second kappa shape index (κ2) is 14.4. The standard InChI is InChI=1S/C68H53N/c1-65(2)55-28-14-11-25-49(55)52-38-35-46(41-62(52)65)69(47-36-39-53-50-26-12-15-29-56(50)66(3,4)63(53)42-47)48-37-40-54-51-27-13-16-30-57(51)68(64(54)43-48)60-33-19-17-31-58(60)67(44-21-7-5-8-22-44,45-23-9-6-10-24-45)59-32-18-20-34-61(59)68/h5-9,11-23,25-43H,10,24H2,1-4H3. The van der Waals surface area contributed by atoms with Crippen LogP contribution in [0.2, 0.25) is 0 Å². The van der Waals surface area contributed by atoms with Gasteiger partial charge < -0.3 is 4.90 Å². The van der Waals surface area contributed by atoms with Gasteiger partial charge >= 0.3 is 0 Å². The quantitative estimate of drug-likeness (QED) is 0.166. The second-order valence-electron chi connectivity index (χ2n) is 21.0. The van der Waals surface area contributed by atoms with Crippen LogP contribution in [-0.4, -0.2) is 0 Å². The first-order valence-corrected chi connectivity index (χ1v) is 24.9. The van der Waals surface area contributed by atoms with Crippen LogP contribution in [0.15, 0.2) is 230 Å². The molecule has 69 heavy (non-hydrogen) atoms. The van der Waals surface area contributed by atoms with E-state index in [1.807, 2.05) is 0 Å². The molecule has 0 bridgehead atoms. The average molecular weight is 884 g/mol. The summed E-state index contributed by atoms with van der Waals surface area (Å²) in [5.41, 5.74) is 26.4. The van der Waals surface area contributed by atoms with Crippen molar-refractivity contribution in [1.29, 1.82) is 0 Å². The number of hydrogen-bond donors (Lipinski definition) is 0. The maximum Gasteiger partial charge on any atom is 0.0720 e. The predicted molar refractivity (Wildman–Crippen MR) is 286 cm³/mol. The smallest absolute Gasteiger partial charge is 0.0720 e. The summed E-state index contributed by atoms with van der Waals surface area (Å²) in [5.74, 6) is 0. The Balaban J connectivity index is 1.05. The molecule has 5 aliphatic carbocycles. The Labute approximate surface area is 406 Å². The first kappa shape index (κ1) is 40.3. The van der Waals surface area contributed by atoms with E-state index in [0.717, 1.165) is 29.9 Å². The molecule has 0 saturated carbocycles. The van der Waals surface area contributed by atoms with Gasteiger partial charge in [0.1, 0.15) is 0 Å². The van der Waals surface area contributed by atoms with Gasteiger partial charge in [0.2, 0.25) is 0 Å². The van der Waals surface area contributed by atoms with Gasteiger partial charge in [-0.1, -0.05) is 221 Å². The van der Waals surface area contributed by atoms with Crippen molar-refractivity contribution in [2.75, 3.05) is 4.90 Å². The molecule has 1 spiro atoms. The topological polar surface area (TPSA) is 3.24 Å². The van der Waals surface area contributed by atoms with Crippen LogP contribution in [0.3, 0.4) is 0 Å². The number of allylic oxidation sites excluding steroid dienone is 4. The van der Waals surface area contributed by atoms with Crippen molar-refractivity contribution in [3.8, 4) is 33.4 Å². The zero-order valence-electron chi connectivity index (χ0n) is 39.7. The van der Waals surface area contributed by atoms with E-state index in [-0.39, 0.29) is 10.8 Å². The van der Waals surface area contributed by atoms with Gasteiger partial charge in [-0.15, -0.1) is 0 Å². The van der Waals surface area contributed by atoms with Gasteiger partial charge in [-0.05, 0) is 144 Å². The van der Waals surface area contributed by atoms with Crippen LogP contribution < -0.4 is 4.90 Å². The Morgan fingerprint density at radius 2 is 0.710 bits per heavy atom. The first-order valence-electron chi connectivity index (χ1n) is 24.9. The highest BCUT2D eigenvalue weighted by Gasteiger charge is 2.57. The van der Waals surface area contributed by atoms with Gasteiger partial charge in [0, 0.05) is 27.9 Å². The van der Waals surface area contributed by atoms with E-state index in [9.17, 15) is 0 Å². The normalized spacial score (nSPS) is 19.9. The van der Waals surface area contributed by atoms with Gasteiger partial charge in [-0.3, -0.25) is 0 Å². The molecular formula is C68H53N. The molecule has 0 atom stereocenters. The lowest BCUT2D eigenvalue weighted by Crippen LogP contribution is -2.45. The van der Waals surface area contributed by atoms with Crippen LogP contribution in [-0.2, 0) is 21.7 Å². The summed E-state index contributed by atoms with van der Waals surface area (Å²) in [6.07, 6.45) is 9.05. The van der Waals surface area contributed by atoms with Crippen LogP contribution in [0, 0.1) is 0 Å². The zero-order chi connectivity index (χ0) is 46.3. The van der Waals surface area contributed by atoms with Crippen molar-refractivity contribution in [3.05, 3.63) is 291 Å². The molecule has 0 N–H and O–H groups in total. The third kappa shape index (κ3) is 5.20. The van der Waals surface area contributed by atoms with Crippen molar-refractivity contribution in [2.45, 2.75) is 62.2 Å². The summed E-state index contributed by atoms with van der Waals surface area (Å²) in [4.78, 5) is 2.56. The Hall–Kier alpha value is -7.74. The highest BCUT2D eigenvalue weighted by atomic mass is 15.1. The van der Waals surface area contributed by atoms with E-state index in [0.29, 0.717) is 0 Å². The highest BCUT2D eigenvalue weighted by molar-refractivity contribution is 5.94. The number of hydrogen-bond acceptors (Lipinski definition) is 1. The SMILES string of the molecule is CC1(C)c2ccccc2-c2ccc(N(c3ccc4c(c3)C(C)(C)c3ccccc3-4)c3ccc4c(c3)C3(c5ccccc5-4)c4ccccc4C(C4=CC=CCC4)(c4ccccc4)c4ccccc43)cc21. The molecule has 0 amide bonds. The molecule has 0 radical (unpaired) electrons. The fourth-order valence-corrected chi connectivity index (χ4v) is 14.1. The molecule has 5 aliphatic rings. The summed E-state index contributed by atoms with van der Waals surface area (Å²) in [6, 6.07) is 79.4. The Morgan fingerprint density at radius 3 is 1.19 bits per heavy atom. The predicted octanol–water partition coefficient (Wildman–Crippen LogP) is 17.1. The van der Waals surface area contributed by atoms with Crippen molar-refractivity contribution in [1.82, 2.24) is 0 Å². The van der Waals surface area contributed by atoms with Gasteiger partial charge in [0.05, 0.1) is 10.8 Å². The van der Waals surface area contributed by atoms with E-state index in [4.69, 9.17) is 0 Å². The lowest BCUT2D eigenvalue weighted by Gasteiger charge is -2.51. The first-order chi connectivity index (χ1) is 33.7. The molecule has 14 rings (SSSR count). The van der Waals surface area contributed by atoms with Crippen LogP contribution in [0.1, 0.15) is 102 Å². The van der Waals surface area contributed by atoms with Crippen LogP contribution in [0.4, 0.5) is 17.1 Å². The number of rotatable bonds is 5. The molecule has 9 aromatic carbocycles. The molecule has 0 saturated heterocycles. The molecular weight excluding hydrogens is 831 g/mol. The van der Waals surface area contributed by atoms with Crippen molar-refractivity contribution in [3.63, 3.8) is 0 Å². The average Bonchev–Trinajstić information content (AvgIpc) is 3.91. The number of nitrogens with zero attached hydrogens (tertiary/aromatic N) is 1. The summed E-state index contributed by atoms with van der Waals surface area (Å²) in [6.45, 7) is 9.57. The second-order valence-corrected chi connectivity index (χ2v) is 21.0. The van der Waals surface area contributed by atoms with E-state index < -0.39 is 10.8 Å². The molecule has 0 aromatic heterocycles. The van der Waals surface area contributed by atoms with Crippen molar-refractivity contribution >= 4 is 17.1 Å². The van der Waals surface area contributed by atoms with Crippen molar-refractivity contribution in [2.24, 2.45) is 0 Å². The van der Waals surface area contributed by atoms with E-state index >= 15 is 0 Å². The third-order valence-electron chi connectivity index (χ3n) is 17.1. The van der Waals surface area contributed by atoms with E-state index in [2.05, 4.69) is 257 Å². The monoisotopic (exact) mass is 883 g/mol. The van der Waals surface area contributed by atoms with Gasteiger partial charge in [0.25, 0.3) is 0 Å². The number of anilines is 3. The lowest BCUT2D eigenvalue weighted by atomic mass is 9.50. The fraction of sp³-hybridized carbons (Fsp3) is 0.147. The molecule has 9 aromatic rings. The summed E-state index contributed by atoms with van der Waals surface area (Å²) in [7, 11) is 0. The summed E-state index contributed by atoms with van der Waals surface area (Å²) >= 11 is 0. The number of benzene rings is 9. The van der Waals surface area contributed by atoms with Crippen molar-refractivity contribution < 1.29 is 0 Å². The Morgan fingerprint density at radius 1 is 0.333 bits per heavy atom. The van der Waals surface area contributed by atoms with E-state index in [1.165, 1.54) is 100 Å². The maximum absolute atomic E-state index is 2.57. The number of fused-ring (bicyclic) bond motifs is 15. The van der Waals surface area contributed by atoms with Gasteiger partial charge in [-0.2, -0.15) is 0 Å².